The largest absolute Gasteiger partial charge is 0.507 e. The second-order valence-corrected chi connectivity index (χ2v) is 5.71. The number of aryl methyl sites for hydroxylation is 1. The first-order valence-electron chi connectivity index (χ1n) is 6.30. The van der Waals surface area contributed by atoms with Gasteiger partial charge >= 0.3 is 0 Å². The van der Waals surface area contributed by atoms with Gasteiger partial charge in [0.1, 0.15) is 5.75 Å². The number of aromatic hydroxyl groups is 1. The molecule has 2 heteroatoms. The molecule has 1 aromatic carbocycles. The molecule has 0 saturated heterocycles. The Labute approximate surface area is 102 Å². The van der Waals surface area contributed by atoms with Gasteiger partial charge in [0.25, 0.3) is 0 Å². The summed E-state index contributed by atoms with van der Waals surface area (Å²) in [7, 11) is 0. The Morgan fingerprint density at radius 2 is 1.94 bits per heavy atom. The number of benzene rings is 1. The van der Waals surface area contributed by atoms with Crippen molar-refractivity contribution in [1.29, 1.82) is 0 Å². The third-order valence-corrected chi connectivity index (χ3v) is 4.69. The smallest absolute Gasteiger partial charge is 0.129 e. The SMILES string of the molecule is Oc1cc2c(cc1S)CCC1CCCCC21. The summed E-state index contributed by atoms with van der Waals surface area (Å²) in [5, 5.41) is 9.79. The lowest BCUT2D eigenvalue weighted by atomic mass is 9.68. The van der Waals surface area contributed by atoms with Crippen LogP contribution in [0.5, 0.6) is 5.75 Å². The fraction of sp³-hybridized carbons (Fsp3) is 0.571. The van der Waals surface area contributed by atoms with E-state index in [0.717, 1.165) is 10.8 Å². The van der Waals surface area contributed by atoms with Crippen molar-refractivity contribution in [3.63, 3.8) is 0 Å². The zero-order valence-corrected chi connectivity index (χ0v) is 10.3. The summed E-state index contributed by atoms with van der Waals surface area (Å²) >= 11 is 4.30. The van der Waals surface area contributed by atoms with Gasteiger partial charge in [0.15, 0.2) is 0 Å². The molecule has 0 spiro atoms. The van der Waals surface area contributed by atoms with Crippen LogP contribution in [-0.4, -0.2) is 5.11 Å². The summed E-state index contributed by atoms with van der Waals surface area (Å²) in [5.41, 5.74) is 2.83. The van der Waals surface area contributed by atoms with Gasteiger partial charge in [0.05, 0.1) is 0 Å². The molecule has 2 atom stereocenters. The summed E-state index contributed by atoms with van der Waals surface area (Å²) in [4.78, 5) is 0.730. The van der Waals surface area contributed by atoms with Crippen LogP contribution < -0.4 is 0 Å². The summed E-state index contributed by atoms with van der Waals surface area (Å²) in [6, 6.07) is 4.04. The maximum absolute atomic E-state index is 9.79. The molecule has 2 unspecified atom stereocenters. The zero-order valence-electron chi connectivity index (χ0n) is 9.45. The Morgan fingerprint density at radius 1 is 1.12 bits per heavy atom. The predicted octanol–water partition coefficient (Wildman–Crippen LogP) is 3.90. The molecule has 0 bridgehead atoms. The maximum Gasteiger partial charge on any atom is 0.129 e. The molecule has 1 nitrogen and oxygen atoms in total. The Bertz CT molecular complexity index is 413. The zero-order chi connectivity index (χ0) is 11.1. The lowest BCUT2D eigenvalue weighted by molar-refractivity contribution is 0.274. The van der Waals surface area contributed by atoms with Crippen molar-refractivity contribution in [2.75, 3.05) is 0 Å². The van der Waals surface area contributed by atoms with Crippen LogP contribution in [0.4, 0.5) is 0 Å². The van der Waals surface area contributed by atoms with Gasteiger partial charge in [-0.05, 0) is 60.8 Å². The molecule has 1 saturated carbocycles. The van der Waals surface area contributed by atoms with E-state index >= 15 is 0 Å². The van der Waals surface area contributed by atoms with Crippen LogP contribution >= 0.6 is 12.6 Å². The summed E-state index contributed by atoms with van der Waals surface area (Å²) in [5.74, 6) is 1.93. The van der Waals surface area contributed by atoms with Gasteiger partial charge in [-0.1, -0.05) is 12.8 Å². The third kappa shape index (κ3) is 1.64. The van der Waals surface area contributed by atoms with Crippen molar-refractivity contribution in [2.24, 2.45) is 5.92 Å². The first-order chi connectivity index (χ1) is 7.75. The number of phenols is 1. The third-order valence-electron chi connectivity index (χ3n) is 4.33. The number of thiol groups is 1. The fourth-order valence-electron chi connectivity index (χ4n) is 3.50. The lowest BCUT2D eigenvalue weighted by Crippen LogP contribution is -2.23. The minimum Gasteiger partial charge on any atom is -0.507 e. The van der Waals surface area contributed by atoms with Crippen molar-refractivity contribution in [3.8, 4) is 5.75 Å². The van der Waals surface area contributed by atoms with Gasteiger partial charge in [-0.2, -0.15) is 0 Å². The molecule has 0 radical (unpaired) electrons. The van der Waals surface area contributed by atoms with E-state index < -0.39 is 0 Å². The topological polar surface area (TPSA) is 20.2 Å². The van der Waals surface area contributed by atoms with E-state index in [-0.39, 0.29) is 0 Å². The number of phenolic OH excluding ortho intramolecular Hbond substituents is 1. The first-order valence-corrected chi connectivity index (χ1v) is 6.75. The fourth-order valence-corrected chi connectivity index (χ4v) is 3.72. The standard InChI is InChI=1S/C14H18OS/c15-13-8-12-10(7-14(13)16)6-5-9-3-1-2-4-11(9)12/h7-9,11,15-16H,1-6H2. The van der Waals surface area contributed by atoms with E-state index in [1.54, 1.807) is 0 Å². The molecule has 1 fully saturated rings. The highest BCUT2D eigenvalue weighted by Gasteiger charge is 2.31. The molecule has 0 aromatic heterocycles. The van der Waals surface area contributed by atoms with E-state index in [1.165, 1.54) is 49.7 Å². The van der Waals surface area contributed by atoms with Gasteiger partial charge in [-0.25, -0.2) is 0 Å². The van der Waals surface area contributed by atoms with Crippen LogP contribution in [0.15, 0.2) is 17.0 Å². The normalized spacial score (nSPS) is 28.3. The molecule has 2 aliphatic rings. The monoisotopic (exact) mass is 234 g/mol. The van der Waals surface area contributed by atoms with Crippen molar-refractivity contribution in [2.45, 2.75) is 49.3 Å². The van der Waals surface area contributed by atoms with Gasteiger partial charge < -0.3 is 5.11 Å². The number of hydrogen-bond acceptors (Lipinski definition) is 2. The van der Waals surface area contributed by atoms with Crippen molar-refractivity contribution in [3.05, 3.63) is 23.3 Å². The maximum atomic E-state index is 9.79. The molecule has 0 aliphatic heterocycles. The molecular formula is C14H18OS. The van der Waals surface area contributed by atoms with E-state index in [4.69, 9.17) is 0 Å². The van der Waals surface area contributed by atoms with Crippen molar-refractivity contribution < 1.29 is 5.11 Å². The molecule has 0 amide bonds. The Hall–Kier alpha value is -0.630. The lowest BCUT2D eigenvalue weighted by Gasteiger charge is -2.37. The molecule has 16 heavy (non-hydrogen) atoms. The average molecular weight is 234 g/mol. The molecule has 2 aliphatic carbocycles. The second kappa shape index (κ2) is 3.99. The van der Waals surface area contributed by atoms with Crippen LogP contribution in [0.3, 0.4) is 0 Å². The first kappa shape index (κ1) is 10.5. The van der Waals surface area contributed by atoms with Gasteiger partial charge in [0, 0.05) is 4.90 Å². The van der Waals surface area contributed by atoms with E-state index in [1.807, 2.05) is 6.07 Å². The quantitative estimate of drug-likeness (QED) is 0.652. The van der Waals surface area contributed by atoms with E-state index in [9.17, 15) is 5.11 Å². The molecule has 1 aromatic rings. The molecule has 0 heterocycles. The summed E-state index contributed by atoms with van der Waals surface area (Å²) < 4.78 is 0. The van der Waals surface area contributed by atoms with Crippen LogP contribution in [0, 0.1) is 5.92 Å². The Kier molecular flexibility index (Phi) is 2.62. The molecule has 1 N–H and O–H groups in total. The molecule has 86 valence electrons. The summed E-state index contributed by atoms with van der Waals surface area (Å²) in [6.45, 7) is 0. The van der Waals surface area contributed by atoms with Gasteiger partial charge in [-0.3, -0.25) is 0 Å². The highest BCUT2D eigenvalue weighted by molar-refractivity contribution is 7.80. The highest BCUT2D eigenvalue weighted by atomic mass is 32.1. The molecule has 3 rings (SSSR count). The van der Waals surface area contributed by atoms with Crippen LogP contribution in [0.2, 0.25) is 0 Å². The van der Waals surface area contributed by atoms with Crippen molar-refractivity contribution >= 4 is 12.6 Å². The minimum absolute atomic E-state index is 0.355. The Balaban J connectivity index is 2.04. The van der Waals surface area contributed by atoms with Gasteiger partial charge in [0.2, 0.25) is 0 Å². The van der Waals surface area contributed by atoms with E-state index in [0.29, 0.717) is 11.7 Å². The van der Waals surface area contributed by atoms with Gasteiger partial charge in [-0.15, -0.1) is 12.6 Å². The van der Waals surface area contributed by atoms with E-state index in [2.05, 4.69) is 18.7 Å². The van der Waals surface area contributed by atoms with Crippen molar-refractivity contribution in [1.82, 2.24) is 0 Å². The molecular weight excluding hydrogens is 216 g/mol. The highest BCUT2D eigenvalue weighted by Crippen LogP contribution is 2.46. The Morgan fingerprint density at radius 3 is 2.81 bits per heavy atom. The number of hydrogen-bond donors (Lipinski definition) is 2. The minimum atomic E-state index is 0.355. The average Bonchev–Trinajstić information content (AvgIpc) is 2.31. The van der Waals surface area contributed by atoms with Crippen LogP contribution in [-0.2, 0) is 6.42 Å². The second-order valence-electron chi connectivity index (χ2n) is 5.23. The number of fused-ring (bicyclic) bond motifs is 3. The predicted molar refractivity (Wildman–Crippen MR) is 68.4 cm³/mol. The number of rotatable bonds is 0. The van der Waals surface area contributed by atoms with Crippen LogP contribution in [0.1, 0.15) is 49.1 Å². The van der Waals surface area contributed by atoms with Crippen LogP contribution in [0.25, 0.3) is 0 Å². The summed E-state index contributed by atoms with van der Waals surface area (Å²) in [6.07, 6.45) is 7.94.